The van der Waals surface area contributed by atoms with Crippen LogP contribution in [0.3, 0.4) is 0 Å². The zero-order valence-corrected chi connectivity index (χ0v) is 15.7. The van der Waals surface area contributed by atoms with Crippen LogP contribution in [-0.2, 0) is 27.4 Å². The Morgan fingerprint density at radius 1 is 1.10 bits per heavy atom. The third-order valence-electron chi connectivity index (χ3n) is 3.92. The fourth-order valence-corrected chi connectivity index (χ4v) is 2.60. The highest BCUT2D eigenvalue weighted by Gasteiger charge is 2.23. The summed E-state index contributed by atoms with van der Waals surface area (Å²) < 4.78 is 21.0. The fourth-order valence-electron chi connectivity index (χ4n) is 2.60. The maximum atomic E-state index is 12.4. The maximum Gasteiger partial charge on any atom is 0.375 e. The molecule has 0 fully saturated rings. The highest BCUT2D eigenvalue weighted by Crippen LogP contribution is 2.27. The predicted octanol–water partition coefficient (Wildman–Crippen LogP) is 2.75. The molecule has 0 unspecified atom stereocenters. The average Bonchev–Trinajstić information content (AvgIpc) is 3.36. The number of rotatable bonds is 8. The second-order valence-electron chi connectivity index (χ2n) is 5.93. The lowest BCUT2D eigenvalue weighted by Crippen LogP contribution is -2.41. The number of nitrogens with one attached hydrogen (secondary N) is 2. The number of fused-ring (bicyclic) bond motifs is 1. The molecule has 2 N–H and O–H groups in total. The Kier molecular flexibility index (Phi) is 6.64. The van der Waals surface area contributed by atoms with E-state index in [1.54, 1.807) is 30.3 Å². The number of imide groups is 1. The number of para-hydroxylation sites is 1. The quantitative estimate of drug-likeness (QED) is 0.558. The average molecular weight is 400 g/mol. The van der Waals surface area contributed by atoms with Gasteiger partial charge in [-0.05, 0) is 25.1 Å². The van der Waals surface area contributed by atoms with E-state index in [0.29, 0.717) is 23.5 Å². The number of esters is 1. The molecule has 0 saturated heterocycles. The van der Waals surface area contributed by atoms with Crippen molar-refractivity contribution in [1.82, 2.24) is 10.6 Å². The SMILES string of the molecule is CCOCc1c(C(=O)OCC(=O)NC(=O)NCc2ccco2)oc2ccccc12. The number of carbonyl (C=O) groups is 3. The normalized spacial score (nSPS) is 10.7. The molecule has 0 saturated carbocycles. The molecule has 152 valence electrons. The van der Waals surface area contributed by atoms with Crippen molar-refractivity contribution in [2.75, 3.05) is 13.2 Å². The molecule has 0 atom stereocenters. The van der Waals surface area contributed by atoms with Crippen LogP contribution >= 0.6 is 0 Å². The van der Waals surface area contributed by atoms with E-state index in [1.807, 2.05) is 13.0 Å². The van der Waals surface area contributed by atoms with Crippen molar-refractivity contribution in [1.29, 1.82) is 0 Å². The van der Waals surface area contributed by atoms with Gasteiger partial charge in [-0.25, -0.2) is 9.59 Å². The third kappa shape index (κ3) is 5.23. The Hall–Kier alpha value is -3.59. The van der Waals surface area contributed by atoms with Crippen LogP contribution in [0.1, 0.15) is 28.8 Å². The van der Waals surface area contributed by atoms with Gasteiger partial charge in [-0.15, -0.1) is 0 Å². The van der Waals surface area contributed by atoms with Gasteiger partial charge in [0.25, 0.3) is 5.91 Å². The van der Waals surface area contributed by atoms with Crippen LogP contribution in [0, 0.1) is 0 Å². The summed E-state index contributed by atoms with van der Waals surface area (Å²) in [7, 11) is 0. The van der Waals surface area contributed by atoms with Crippen LogP contribution < -0.4 is 10.6 Å². The van der Waals surface area contributed by atoms with E-state index in [1.165, 1.54) is 6.26 Å². The molecular formula is C20H20N2O7. The van der Waals surface area contributed by atoms with Gasteiger partial charge in [0.2, 0.25) is 5.76 Å². The molecule has 0 radical (unpaired) electrons. The summed E-state index contributed by atoms with van der Waals surface area (Å²) in [5.74, 6) is -1.10. The largest absolute Gasteiger partial charge is 0.467 e. The molecule has 1 aromatic carbocycles. The molecule has 3 rings (SSSR count). The van der Waals surface area contributed by atoms with E-state index in [0.717, 1.165) is 5.39 Å². The first kappa shape index (κ1) is 20.2. The Morgan fingerprint density at radius 2 is 1.93 bits per heavy atom. The molecule has 0 aliphatic carbocycles. The van der Waals surface area contributed by atoms with Gasteiger partial charge in [0.1, 0.15) is 11.3 Å². The van der Waals surface area contributed by atoms with Gasteiger partial charge in [-0.2, -0.15) is 0 Å². The van der Waals surface area contributed by atoms with E-state index in [4.69, 9.17) is 18.3 Å². The van der Waals surface area contributed by atoms with Crippen molar-refractivity contribution in [3.05, 3.63) is 59.7 Å². The van der Waals surface area contributed by atoms with E-state index in [2.05, 4.69) is 10.6 Å². The number of furan rings is 2. The monoisotopic (exact) mass is 400 g/mol. The Bertz CT molecular complexity index is 992. The van der Waals surface area contributed by atoms with Crippen LogP contribution in [0.25, 0.3) is 11.0 Å². The predicted molar refractivity (Wildman–Crippen MR) is 101 cm³/mol. The summed E-state index contributed by atoms with van der Waals surface area (Å²) in [6.07, 6.45) is 1.47. The van der Waals surface area contributed by atoms with Gasteiger partial charge >= 0.3 is 12.0 Å². The summed E-state index contributed by atoms with van der Waals surface area (Å²) in [4.78, 5) is 35.9. The summed E-state index contributed by atoms with van der Waals surface area (Å²) in [6.45, 7) is 1.94. The highest BCUT2D eigenvalue weighted by molar-refractivity contribution is 5.98. The first-order valence-electron chi connectivity index (χ1n) is 8.93. The first-order valence-corrected chi connectivity index (χ1v) is 8.93. The zero-order chi connectivity index (χ0) is 20.6. The van der Waals surface area contributed by atoms with Gasteiger partial charge in [0.05, 0.1) is 19.4 Å². The molecule has 0 spiro atoms. The lowest BCUT2D eigenvalue weighted by Gasteiger charge is -2.07. The molecule has 3 amide bonds. The Morgan fingerprint density at radius 3 is 2.69 bits per heavy atom. The lowest BCUT2D eigenvalue weighted by atomic mass is 10.1. The zero-order valence-electron chi connectivity index (χ0n) is 15.7. The van der Waals surface area contributed by atoms with Crippen molar-refractivity contribution in [3.8, 4) is 0 Å². The molecular weight excluding hydrogens is 380 g/mol. The van der Waals surface area contributed by atoms with Crippen molar-refractivity contribution < 1.29 is 32.7 Å². The number of hydrogen-bond donors (Lipinski definition) is 2. The molecule has 2 heterocycles. The second-order valence-corrected chi connectivity index (χ2v) is 5.93. The number of ether oxygens (including phenoxy) is 2. The van der Waals surface area contributed by atoms with Crippen molar-refractivity contribution in [2.45, 2.75) is 20.1 Å². The van der Waals surface area contributed by atoms with Crippen molar-refractivity contribution in [2.24, 2.45) is 0 Å². The molecule has 0 aliphatic rings. The van der Waals surface area contributed by atoms with Crippen LogP contribution in [0.15, 0.2) is 51.5 Å². The van der Waals surface area contributed by atoms with Crippen LogP contribution in [-0.4, -0.2) is 31.1 Å². The van der Waals surface area contributed by atoms with Gasteiger partial charge < -0.3 is 23.6 Å². The third-order valence-corrected chi connectivity index (χ3v) is 3.92. The standard InChI is InChI=1S/C20H20N2O7/c1-2-26-11-15-14-7-3-4-8-16(14)29-18(15)19(24)28-12-17(23)22-20(25)21-10-13-6-5-9-27-13/h3-9H,2,10-12H2,1H3,(H2,21,22,23,25). The number of amides is 3. The smallest absolute Gasteiger partial charge is 0.375 e. The molecule has 0 bridgehead atoms. The molecule has 2 aromatic heterocycles. The van der Waals surface area contributed by atoms with Gasteiger partial charge in [0, 0.05) is 17.6 Å². The summed E-state index contributed by atoms with van der Waals surface area (Å²) >= 11 is 0. The van der Waals surface area contributed by atoms with Gasteiger partial charge in [-0.1, -0.05) is 18.2 Å². The minimum absolute atomic E-state index is 0.0327. The second kappa shape index (κ2) is 9.56. The first-order chi connectivity index (χ1) is 14.1. The van der Waals surface area contributed by atoms with Crippen LogP contribution in [0.4, 0.5) is 4.79 Å². The van der Waals surface area contributed by atoms with E-state index in [-0.39, 0.29) is 18.9 Å². The lowest BCUT2D eigenvalue weighted by molar-refractivity contribution is -0.123. The minimum Gasteiger partial charge on any atom is -0.467 e. The van der Waals surface area contributed by atoms with E-state index in [9.17, 15) is 14.4 Å². The van der Waals surface area contributed by atoms with Crippen LogP contribution in [0.2, 0.25) is 0 Å². The van der Waals surface area contributed by atoms with Gasteiger partial charge in [-0.3, -0.25) is 10.1 Å². The number of hydrogen-bond acceptors (Lipinski definition) is 7. The van der Waals surface area contributed by atoms with Crippen LogP contribution in [0.5, 0.6) is 0 Å². The summed E-state index contributed by atoms with van der Waals surface area (Å²) in [5.41, 5.74) is 1.06. The summed E-state index contributed by atoms with van der Waals surface area (Å²) in [5, 5.41) is 5.24. The topological polar surface area (TPSA) is 120 Å². The van der Waals surface area contributed by atoms with E-state index >= 15 is 0 Å². The minimum atomic E-state index is -0.818. The van der Waals surface area contributed by atoms with Crippen molar-refractivity contribution in [3.63, 3.8) is 0 Å². The van der Waals surface area contributed by atoms with Crippen molar-refractivity contribution >= 4 is 28.9 Å². The fraction of sp³-hybridized carbons (Fsp3) is 0.250. The summed E-state index contributed by atoms with van der Waals surface area (Å²) in [6, 6.07) is 9.74. The number of carbonyl (C=O) groups excluding carboxylic acids is 3. The molecule has 9 nitrogen and oxygen atoms in total. The Labute approximate surface area is 165 Å². The number of benzene rings is 1. The highest BCUT2D eigenvalue weighted by atomic mass is 16.5. The van der Waals surface area contributed by atoms with Gasteiger partial charge in [0.15, 0.2) is 6.61 Å². The molecule has 9 heteroatoms. The maximum absolute atomic E-state index is 12.4. The molecule has 29 heavy (non-hydrogen) atoms. The number of urea groups is 1. The van der Waals surface area contributed by atoms with E-state index < -0.39 is 24.5 Å². The molecule has 0 aliphatic heterocycles. The Balaban J connectivity index is 1.55. The molecule has 3 aromatic rings.